The molecule has 1 atom stereocenters. The molecule has 9 heteroatoms. The normalized spacial score (nSPS) is 22.3. The quantitative estimate of drug-likeness (QED) is 0.565. The molecule has 2 heterocycles. The van der Waals surface area contributed by atoms with Gasteiger partial charge in [0.2, 0.25) is 0 Å². The Morgan fingerprint density at radius 2 is 1.66 bits per heavy atom. The lowest BCUT2D eigenvalue weighted by atomic mass is 9.92. The van der Waals surface area contributed by atoms with Crippen LogP contribution < -0.4 is 4.74 Å². The molecule has 0 radical (unpaired) electrons. The fraction of sp³-hybridized carbons (Fsp3) is 0.423. The van der Waals surface area contributed by atoms with Crippen molar-refractivity contribution in [1.82, 2.24) is 9.80 Å². The molecule has 5 rings (SSSR count). The van der Waals surface area contributed by atoms with E-state index < -0.39 is 15.9 Å². The zero-order chi connectivity index (χ0) is 24.6. The summed E-state index contributed by atoms with van der Waals surface area (Å²) in [5.74, 6) is 0.621. The first kappa shape index (κ1) is 23.7. The number of carbonyl (C=O) groups is 3. The molecule has 35 heavy (non-hydrogen) atoms. The van der Waals surface area contributed by atoms with Gasteiger partial charge in [0.25, 0.3) is 5.91 Å². The summed E-state index contributed by atoms with van der Waals surface area (Å²) in [6.07, 6.45) is 0.612. The number of hydrogen-bond donors (Lipinski definition) is 0. The van der Waals surface area contributed by atoms with Gasteiger partial charge in [-0.25, -0.2) is 8.42 Å². The molecule has 1 saturated heterocycles. The van der Waals surface area contributed by atoms with Crippen LogP contribution in [-0.4, -0.2) is 66.3 Å². The van der Waals surface area contributed by atoms with Gasteiger partial charge < -0.3 is 9.64 Å². The average Bonchev–Trinajstić information content (AvgIpc) is 3.17. The van der Waals surface area contributed by atoms with Crippen LogP contribution >= 0.6 is 0 Å². The molecule has 0 spiro atoms. The van der Waals surface area contributed by atoms with Gasteiger partial charge in [-0.15, -0.1) is 0 Å². The van der Waals surface area contributed by atoms with Crippen molar-refractivity contribution < 1.29 is 27.5 Å². The third-order valence-electron chi connectivity index (χ3n) is 7.03. The summed E-state index contributed by atoms with van der Waals surface area (Å²) >= 11 is 0. The van der Waals surface area contributed by atoms with Crippen molar-refractivity contribution in [1.29, 1.82) is 0 Å². The maximum absolute atomic E-state index is 13.0. The van der Waals surface area contributed by atoms with E-state index in [0.29, 0.717) is 56.9 Å². The molecular formula is C26H28N2O6S. The number of amides is 1. The third-order valence-corrected chi connectivity index (χ3v) is 8.64. The van der Waals surface area contributed by atoms with Gasteiger partial charge in [-0.2, -0.15) is 0 Å². The smallest absolute Gasteiger partial charge is 0.255 e. The molecule has 2 fully saturated rings. The minimum absolute atomic E-state index is 0.0608. The van der Waals surface area contributed by atoms with E-state index >= 15 is 0 Å². The van der Waals surface area contributed by atoms with E-state index in [9.17, 15) is 22.8 Å². The lowest BCUT2D eigenvalue weighted by Gasteiger charge is -2.29. The van der Waals surface area contributed by atoms with Crippen LogP contribution in [0.15, 0.2) is 42.5 Å². The minimum atomic E-state index is -2.88. The summed E-state index contributed by atoms with van der Waals surface area (Å²) in [7, 11) is -2.88. The summed E-state index contributed by atoms with van der Waals surface area (Å²) in [6, 6.07) is 12.9. The molecule has 1 amide bonds. The fourth-order valence-corrected chi connectivity index (χ4v) is 6.25. The van der Waals surface area contributed by atoms with Gasteiger partial charge in [-0.1, -0.05) is 30.3 Å². The minimum Gasteiger partial charge on any atom is -0.489 e. The van der Waals surface area contributed by atoms with Gasteiger partial charge in [0.05, 0.1) is 30.5 Å². The van der Waals surface area contributed by atoms with E-state index in [0.717, 1.165) is 16.7 Å². The van der Waals surface area contributed by atoms with Gasteiger partial charge in [0, 0.05) is 37.2 Å². The molecule has 2 aromatic rings. The predicted octanol–water partition coefficient (Wildman–Crippen LogP) is 2.14. The molecule has 0 aromatic heterocycles. The number of nitrogens with zero attached hydrogens (tertiary/aromatic N) is 2. The molecule has 2 aromatic carbocycles. The summed E-state index contributed by atoms with van der Waals surface area (Å²) in [5, 5.41) is 0. The SMILES string of the molecule is O=C1CCC(N2Cc3c(OCc4ccc(CN5CCS(=O)(=O)CC5)cc4)cccc3C2=O)C(=O)C1. The van der Waals surface area contributed by atoms with Crippen molar-refractivity contribution in [2.45, 2.75) is 45.0 Å². The Labute approximate surface area is 204 Å². The standard InChI is InChI=1S/C26H28N2O6S/c29-20-8-9-23(24(30)14-20)28-16-22-21(26(28)31)2-1-3-25(22)34-17-19-6-4-18(5-7-19)15-27-10-12-35(32,33)13-11-27/h1-7,23H,8-17H2. The molecule has 1 saturated carbocycles. The second-order valence-corrected chi connectivity index (χ2v) is 11.8. The topological polar surface area (TPSA) is 101 Å². The Morgan fingerprint density at radius 3 is 2.37 bits per heavy atom. The number of ether oxygens (including phenoxy) is 1. The first-order valence-electron chi connectivity index (χ1n) is 11.9. The van der Waals surface area contributed by atoms with Gasteiger partial charge in [0.15, 0.2) is 15.6 Å². The van der Waals surface area contributed by atoms with Crippen LogP contribution in [0.25, 0.3) is 0 Å². The van der Waals surface area contributed by atoms with E-state index in [-0.39, 0.29) is 35.4 Å². The van der Waals surface area contributed by atoms with Crippen LogP contribution in [0.3, 0.4) is 0 Å². The van der Waals surface area contributed by atoms with Crippen LogP contribution in [0.1, 0.15) is 46.3 Å². The maximum Gasteiger partial charge on any atom is 0.255 e. The number of rotatable bonds is 6. The molecule has 2 aliphatic heterocycles. The van der Waals surface area contributed by atoms with Crippen LogP contribution in [0.2, 0.25) is 0 Å². The van der Waals surface area contributed by atoms with Gasteiger partial charge in [-0.3, -0.25) is 19.3 Å². The Kier molecular flexibility index (Phi) is 6.46. The van der Waals surface area contributed by atoms with Crippen LogP contribution in [0.5, 0.6) is 5.75 Å². The van der Waals surface area contributed by atoms with Crippen LogP contribution in [0, 0.1) is 0 Å². The first-order chi connectivity index (χ1) is 16.8. The average molecular weight is 497 g/mol. The second-order valence-electron chi connectivity index (χ2n) is 9.48. The largest absolute Gasteiger partial charge is 0.489 e. The van der Waals surface area contributed by atoms with Crippen molar-refractivity contribution in [3.8, 4) is 5.75 Å². The molecule has 1 aliphatic carbocycles. The number of ketones is 2. The second kappa shape index (κ2) is 9.54. The fourth-order valence-electron chi connectivity index (χ4n) is 4.97. The van der Waals surface area contributed by atoms with E-state index in [4.69, 9.17) is 4.74 Å². The molecule has 0 bridgehead atoms. The van der Waals surface area contributed by atoms with E-state index in [1.807, 2.05) is 30.3 Å². The Balaban J connectivity index is 1.21. The zero-order valence-corrected chi connectivity index (χ0v) is 20.3. The molecular weight excluding hydrogens is 468 g/mol. The highest BCUT2D eigenvalue weighted by Crippen LogP contribution is 2.34. The Hall–Kier alpha value is -3.04. The monoisotopic (exact) mass is 496 g/mol. The summed E-state index contributed by atoms with van der Waals surface area (Å²) < 4.78 is 29.3. The zero-order valence-electron chi connectivity index (χ0n) is 19.4. The number of benzene rings is 2. The lowest BCUT2D eigenvalue weighted by Crippen LogP contribution is -2.44. The number of hydrogen-bond acceptors (Lipinski definition) is 7. The summed E-state index contributed by atoms with van der Waals surface area (Å²) in [4.78, 5) is 40.7. The van der Waals surface area contributed by atoms with E-state index in [1.54, 1.807) is 17.0 Å². The predicted molar refractivity (Wildman–Crippen MR) is 129 cm³/mol. The highest BCUT2D eigenvalue weighted by Gasteiger charge is 2.40. The van der Waals surface area contributed by atoms with E-state index in [1.165, 1.54) is 0 Å². The van der Waals surface area contributed by atoms with Crippen LogP contribution in [-0.2, 0) is 39.1 Å². The van der Waals surface area contributed by atoms with Gasteiger partial charge >= 0.3 is 0 Å². The van der Waals surface area contributed by atoms with Crippen molar-refractivity contribution in [2.75, 3.05) is 24.6 Å². The van der Waals surface area contributed by atoms with Crippen molar-refractivity contribution in [3.05, 3.63) is 64.7 Å². The van der Waals surface area contributed by atoms with Gasteiger partial charge in [-0.05, 0) is 29.7 Å². The molecule has 0 N–H and O–H groups in total. The number of fused-ring (bicyclic) bond motifs is 1. The highest BCUT2D eigenvalue weighted by molar-refractivity contribution is 7.91. The third kappa shape index (κ3) is 5.16. The lowest BCUT2D eigenvalue weighted by molar-refractivity contribution is -0.133. The van der Waals surface area contributed by atoms with Gasteiger partial charge in [0.1, 0.15) is 18.1 Å². The molecule has 184 valence electrons. The van der Waals surface area contributed by atoms with Crippen molar-refractivity contribution in [3.63, 3.8) is 0 Å². The van der Waals surface area contributed by atoms with Crippen molar-refractivity contribution >= 4 is 27.3 Å². The molecule has 1 unspecified atom stereocenters. The number of carbonyl (C=O) groups excluding carboxylic acids is 3. The maximum atomic E-state index is 13.0. The Bertz CT molecular complexity index is 1260. The number of Topliss-reactive ketones (excluding diaryl/α,β-unsaturated/α-hetero) is 2. The summed E-state index contributed by atoms with van der Waals surface area (Å²) in [5.41, 5.74) is 3.42. The molecule has 8 nitrogen and oxygen atoms in total. The van der Waals surface area contributed by atoms with E-state index in [2.05, 4.69) is 4.90 Å². The Morgan fingerprint density at radius 1 is 0.943 bits per heavy atom. The highest BCUT2D eigenvalue weighted by atomic mass is 32.2. The number of sulfone groups is 1. The molecule has 3 aliphatic rings. The summed E-state index contributed by atoms with van der Waals surface area (Å²) in [6.45, 7) is 2.48. The van der Waals surface area contributed by atoms with Crippen LogP contribution in [0.4, 0.5) is 0 Å². The first-order valence-corrected chi connectivity index (χ1v) is 13.7. The van der Waals surface area contributed by atoms with Crippen molar-refractivity contribution in [2.24, 2.45) is 0 Å².